The maximum Gasteiger partial charge on any atom is 0.227 e. The molecule has 0 radical (unpaired) electrons. The summed E-state index contributed by atoms with van der Waals surface area (Å²) in [7, 11) is 0. The van der Waals surface area contributed by atoms with Gasteiger partial charge in [0.1, 0.15) is 12.7 Å². The SMILES string of the molecule is C[C@@H](Cn1cncn1)C(=O)N1CCCC[C@H]1CCc1ccccc1. The topological polar surface area (TPSA) is 51.0 Å². The maximum absolute atomic E-state index is 12.9. The lowest BCUT2D eigenvalue weighted by Crippen LogP contribution is -2.46. The number of carbonyl (C=O) groups is 1. The number of amides is 1. The molecule has 2 atom stereocenters. The number of carbonyl (C=O) groups excluding carboxylic acids is 1. The molecule has 24 heavy (non-hydrogen) atoms. The number of piperidine rings is 1. The van der Waals surface area contributed by atoms with Gasteiger partial charge in [-0.1, -0.05) is 37.3 Å². The number of hydrogen-bond acceptors (Lipinski definition) is 3. The van der Waals surface area contributed by atoms with Gasteiger partial charge in [0.25, 0.3) is 0 Å². The van der Waals surface area contributed by atoms with Crippen LogP contribution in [-0.4, -0.2) is 38.2 Å². The highest BCUT2D eigenvalue weighted by molar-refractivity contribution is 5.78. The third-order valence-corrected chi connectivity index (χ3v) is 4.87. The van der Waals surface area contributed by atoms with E-state index in [1.54, 1.807) is 11.0 Å². The van der Waals surface area contributed by atoms with Gasteiger partial charge in [0.05, 0.1) is 12.5 Å². The fraction of sp³-hybridized carbons (Fsp3) is 0.526. The lowest BCUT2D eigenvalue weighted by molar-refractivity contribution is -0.139. The van der Waals surface area contributed by atoms with Crippen LogP contribution in [0.3, 0.4) is 0 Å². The first-order chi connectivity index (χ1) is 11.7. The second kappa shape index (κ2) is 8.08. The predicted octanol–water partition coefficient (Wildman–Crippen LogP) is 2.93. The average Bonchev–Trinajstić information content (AvgIpc) is 3.13. The Kier molecular flexibility index (Phi) is 5.62. The summed E-state index contributed by atoms with van der Waals surface area (Å²) in [6, 6.07) is 10.9. The Bertz CT molecular complexity index is 626. The van der Waals surface area contributed by atoms with Crippen LogP contribution in [-0.2, 0) is 17.8 Å². The van der Waals surface area contributed by atoms with Crippen LogP contribution in [0.25, 0.3) is 0 Å². The Morgan fingerprint density at radius 2 is 2.12 bits per heavy atom. The molecule has 0 N–H and O–H groups in total. The van der Waals surface area contributed by atoms with Gasteiger partial charge in [-0.3, -0.25) is 9.48 Å². The van der Waals surface area contributed by atoms with E-state index in [4.69, 9.17) is 0 Å². The van der Waals surface area contributed by atoms with Gasteiger partial charge < -0.3 is 4.90 Å². The van der Waals surface area contributed by atoms with Gasteiger partial charge in [-0.15, -0.1) is 0 Å². The Balaban J connectivity index is 1.59. The Morgan fingerprint density at radius 1 is 1.29 bits per heavy atom. The number of benzene rings is 1. The minimum atomic E-state index is -0.0657. The van der Waals surface area contributed by atoms with Crippen molar-refractivity contribution in [3.05, 3.63) is 48.5 Å². The molecule has 0 aliphatic carbocycles. The van der Waals surface area contributed by atoms with E-state index in [2.05, 4.69) is 39.2 Å². The third kappa shape index (κ3) is 4.22. The highest BCUT2D eigenvalue weighted by Crippen LogP contribution is 2.23. The minimum Gasteiger partial charge on any atom is -0.339 e. The molecule has 2 heterocycles. The summed E-state index contributed by atoms with van der Waals surface area (Å²) < 4.78 is 1.74. The molecule has 5 nitrogen and oxygen atoms in total. The van der Waals surface area contributed by atoms with Crippen LogP contribution in [0.4, 0.5) is 0 Å². The third-order valence-electron chi connectivity index (χ3n) is 4.87. The molecule has 0 spiro atoms. The van der Waals surface area contributed by atoms with Crippen molar-refractivity contribution in [1.29, 1.82) is 0 Å². The van der Waals surface area contributed by atoms with Crippen LogP contribution >= 0.6 is 0 Å². The van der Waals surface area contributed by atoms with Gasteiger partial charge in [-0.05, 0) is 37.7 Å². The summed E-state index contributed by atoms with van der Waals surface area (Å²) >= 11 is 0. The molecule has 1 aromatic carbocycles. The zero-order chi connectivity index (χ0) is 16.8. The van der Waals surface area contributed by atoms with E-state index in [9.17, 15) is 4.79 Å². The summed E-state index contributed by atoms with van der Waals surface area (Å²) in [5.41, 5.74) is 1.35. The molecule has 128 valence electrons. The van der Waals surface area contributed by atoms with Crippen molar-refractivity contribution in [3.63, 3.8) is 0 Å². The van der Waals surface area contributed by atoms with Gasteiger partial charge in [0, 0.05) is 12.6 Å². The maximum atomic E-state index is 12.9. The van der Waals surface area contributed by atoms with E-state index < -0.39 is 0 Å². The molecule has 3 rings (SSSR count). The molecule has 0 bridgehead atoms. The van der Waals surface area contributed by atoms with Crippen LogP contribution in [0.5, 0.6) is 0 Å². The Labute approximate surface area is 143 Å². The van der Waals surface area contributed by atoms with E-state index in [1.807, 2.05) is 13.0 Å². The van der Waals surface area contributed by atoms with Crippen molar-refractivity contribution in [3.8, 4) is 0 Å². The van der Waals surface area contributed by atoms with E-state index in [0.717, 1.165) is 32.2 Å². The second-order valence-corrected chi connectivity index (χ2v) is 6.72. The van der Waals surface area contributed by atoms with Crippen LogP contribution in [0, 0.1) is 5.92 Å². The second-order valence-electron chi connectivity index (χ2n) is 6.72. The highest BCUT2D eigenvalue weighted by Gasteiger charge is 2.29. The standard InChI is InChI=1S/C19H26N4O/c1-16(13-22-15-20-14-21-22)19(24)23-12-6-5-9-18(23)11-10-17-7-3-2-4-8-17/h2-4,7-8,14-16,18H,5-6,9-13H2,1H3/t16-,18-/m0/s1. The molecule has 5 heteroatoms. The fourth-order valence-electron chi connectivity index (χ4n) is 3.54. The monoisotopic (exact) mass is 326 g/mol. The van der Waals surface area contributed by atoms with Crippen LogP contribution in [0.2, 0.25) is 0 Å². The van der Waals surface area contributed by atoms with Gasteiger partial charge in [-0.2, -0.15) is 5.10 Å². The molecule has 0 unspecified atom stereocenters. The first-order valence-corrected chi connectivity index (χ1v) is 8.91. The molecule has 1 saturated heterocycles. The largest absolute Gasteiger partial charge is 0.339 e. The van der Waals surface area contributed by atoms with E-state index in [1.165, 1.54) is 18.3 Å². The van der Waals surface area contributed by atoms with Crippen molar-refractivity contribution in [1.82, 2.24) is 19.7 Å². The van der Waals surface area contributed by atoms with Crippen molar-refractivity contribution in [2.45, 2.75) is 51.6 Å². The number of nitrogens with zero attached hydrogens (tertiary/aromatic N) is 4. The van der Waals surface area contributed by atoms with Gasteiger partial charge >= 0.3 is 0 Å². The summed E-state index contributed by atoms with van der Waals surface area (Å²) in [4.78, 5) is 19.0. The molecule has 2 aromatic rings. The zero-order valence-corrected chi connectivity index (χ0v) is 14.3. The van der Waals surface area contributed by atoms with Crippen LogP contribution in [0.15, 0.2) is 43.0 Å². The summed E-state index contributed by atoms with van der Waals surface area (Å²) in [5.74, 6) is 0.187. The first-order valence-electron chi connectivity index (χ1n) is 8.91. The summed E-state index contributed by atoms with van der Waals surface area (Å²) in [6.45, 7) is 3.48. The molecule has 1 aliphatic heterocycles. The smallest absolute Gasteiger partial charge is 0.227 e. The molecule has 0 saturated carbocycles. The minimum absolute atomic E-state index is 0.0657. The Morgan fingerprint density at radius 3 is 2.88 bits per heavy atom. The Hall–Kier alpha value is -2.17. The van der Waals surface area contributed by atoms with Crippen LogP contribution < -0.4 is 0 Å². The molecule has 1 aliphatic rings. The number of hydrogen-bond donors (Lipinski definition) is 0. The number of aromatic nitrogens is 3. The molecule has 1 fully saturated rings. The number of rotatable bonds is 6. The highest BCUT2D eigenvalue weighted by atomic mass is 16.2. The van der Waals surface area contributed by atoms with Gasteiger partial charge in [0.2, 0.25) is 5.91 Å². The van der Waals surface area contributed by atoms with Crippen molar-refractivity contribution >= 4 is 5.91 Å². The van der Waals surface area contributed by atoms with Crippen LogP contribution in [0.1, 0.15) is 38.2 Å². The zero-order valence-electron chi connectivity index (χ0n) is 14.3. The lowest BCUT2D eigenvalue weighted by atomic mass is 9.94. The first kappa shape index (κ1) is 16.7. The van der Waals surface area contributed by atoms with E-state index in [0.29, 0.717) is 12.6 Å². The van der Waals surface area contributed by atoms with E-state index >= 15 is 0 Å². The van der Waals surface area contributed by atoms with Crippen molar-refractivity contribution in [2.24, 2.45) is 5.92 Å². The molecular weight excluding hydrogens is 300 g/mol. The predicted molar refractivity (Wildman–Crippen MR) is 93.3 cm³/mol. The van der Waals surface area contributed by atoms with Gasteiger partial charge in [-0.25, -0.2) is 4.98 Å². The van der Waals surface area contributed by atoms with Gasteiger partial charge in [0.15, 0.2) is 0 Å². The number of aryl methyl sites for hydroxylation is 1. The molecular formula is C19H26N4O. The quantitative estimate of drug-likeness (QED) is 0.820. The molecule has 1 aromatic heterocycles. The summed E-state index contributed by atoms with van der Waals surface area (Å²) in [6.07, 6.45) is 8.73. The van der Waals surface area contributed by atoms with E-state index in [-0.39, 0.29) is 11.8 Å². The molecule has 1 amide bonds. The van der Waals surface area contributed by atoms with Crippen molar-refractivity contribution in [2.75, 3.05) is 6.54 Å². The number of likely N-dealkylation sites (tertiary alicyclic amines) is 1. The van der Waals surface area contributed by atoms with Crippen molar-refractivity contribution < 1.29 is 4.79 Å². The normalized spacial score (nSPS) is 19.2. The lowest BCUT2D eigenvalue weighted by Gasteiger charge is -2.37. The summed E-state index contributed by atoms with van der Waals surface area (Å²) in [5, 5.41) is 4.11. The average molecular weight is 326 g/mol. The fourth-order valence-corrected chi connectivity index (χ4v) is 3.54.